The van der Waals surface area contributed by atoms with Crippen molar-refractivity contribution >= 4 is 11.5 Å². The fourth-order valence-electron chi connectivity index (χ4n) is 2.29. The number of hydrazine groups is 2. The summed E-state index contributed by atoms with van der Waals surface area (Å²) in [6.45, 7) is 3.08. The van der Waals surface area contributed by atoms with Gasteiger partial charge in [-0.1, -0.05) is 55.5 Å². The van der Waals surface area contributed by atoms with E-state index in [1.165, 1.54) is 0 Å². The van der Waals surface area contributed by atoms with Gasteiger partial charge >= 0.3 is 0 Å². The van der Waals surface area contributed by atoms with Crippen LogP contribution in [0.2, 0.25) is 0 Å². The second-order valence-electron chi connectivity index (χ2n) is 4.67. The van der Waals surface area contributed by atoms with E-state index in [4.69, 9.17) is 0 Å². The SMILES string of the molecule is CCCN1C(c2ccccc2)=NNN1c1ccccc1. The third kappa shape index (κ3) is 2.32. The molecule has 4 nitrogen and oxygen atoms in total. The molecule has 0 amide bonds. The normalized spacial score (nSPS) is 14.2. The van der Waals surface area contributed by atoms with Crippen LogP contribution in [0.1, 0.15) is 18.9 Å². The second-order valence-corrected chi connectivity index (χ2v) is 4.67. The van der Waals surface area contributed by atoms with Gasteiger partial charge in [0, 0.05) is 12.1 Å². The van der Waals surface area contributed by atoms with Crippen molar-refractivity contribution in [3.05, 3.63) is 66.2 Å². The number of para-hydroxylation sites is 1. The molecular formula is C16H18N4. The first-order valence-corrected chi connectivity index (χ1v) is 6.91. The van der Waals surface area contributed by atoms with E-state index in [0.717, 1.165) is 30.1 Å². The van der Waals surface area contributed by atoms with Gasteiger partial charge in [-0.05, 0) is 18.6 Å². The van der Waals surface area contributed by atoms with E-state index in [9.17, 15) is 0 Å². The van der Waals surface area contributed by atoms with Gasteiger partial charge in [-0.15, -0.1) is 5.10 Å². The van der Waals surface area contributed by atoms with Gasteiger partial charge in [0.25, 0.3) is 0 Å². The fourth-order valence-corrected chi connectivity index (χ4v) is 2.29. The molecule has 0 aromatic heterocycles. The first kappa shape index (κ1) is 12.5. The third-order valence-corrected chi connectivity index (χ3v) is 3.20. The summed E-state index contributed by atoms with van der Waals surface area (Å²) in [4.78, 5) is 0. The van der Waals surface area contributed by atoms with Gasteiger partial charge in [0.1, 0.15) is 0 Å². The average molecular weight is 266 g/mol. The van der Waals surface area contributed by atoms with Gasteiger partial charge in [0.05, 0.1) is 5.69 Å². The summed E-state index contributed by atoms with van der Waals surface area (Å²) in [5.74, 6) is 0.955. The number of nitrogens with one attached hydrogen (secondary N) is 1. The topological polar surface area (TPSA) is 30.9 Å². The zero-order valence-corrected chi connectivity index (χ0v) is 11.5. The largest absolute Gasteiger partial charge is 0.246 e. The van der Waals surface area contributed by atoms with Crippen molar-refractivity contribution in [1.82, 2.24) is 10.5 Å². The molecule has 1 aliphatic rings. The molecule has 20 heavy (non-hydrogen) atoms. The first-order chi connectivity index (χ1) is 9.90. The molecule has 0 unspecified atom stereocenters. The Morgan fingerprint density at radius 1 is 0.950 bits per heavy atom. The lowest BCUT2D eigenvalue weighted by molar-refractivity contribution is 0.377. The number of nitrogens with zero attached hydrogens (tertiary/aromatic N) is 3. The van der Waals surface area contributed by atoms with E-state index in [0.29, 0.717) is 0 Å². The molecule has 0 bridgehead atoms. The Balaban J connectivity index is 1.90. The predicted molar refractivity (Wildman–Crippen MR) is 82.0 cm³/mol. The van der Waals surface area contributed by atoms with Crippen molar-refractivity contribution in [2.45, 2.75) is 13.3 Å². The fraction of sp³-hybridized carbons (Fsp3) is 0.188. The van der Waals surface area contributed by atoms with Crippen LogP contribution < -0.4 is 10.7 Å². The number of anilines is 1. The molecule has 1 aliphatic heterocycles. The average Bonchev–Trinajstić information content (AvgIpc) is 2.93. The highest BCUT2D eigenvalue weighted by atomic mass is 15.9. The maximum Gasteiger partial charge on any atom is 0.178 e. The lowest BCUT2D eigenvalue weighted by Gasteiger charge is -2.30. The molecule has 0 saturated carbocycles. The Bertz CT molecular complexity index is 580. The van der Waals surface area contributed by atoms with Crippen molar-refractivity contribution in [3.63, 3.8) is 0 Å². The molecule has 0 radical (unpaired) electrons. The maximum atomic E-state index is 4.48. The van der Waals surface area contributed by atoms with Crippen molar-refractivity contribution in [3.8, 4) is 0 Å². The highest BCUT2D eigenvalue weighted by Crippen LogP contribution is 2.20. The molecule has 0 atom stereocenters. The van der Waals surface area contributed by atoms with E-state index in [-0.39, 0.29) is 0 Å². The van der Waals surface area contributed by atoms with Gasteiger partial charge < -0.3 is 0 Å². The van der Waals surface area contributed by atoms with Crippen LogP contribution in [-0.2, 0) is 0 Å². The minimum Gasteiger partial charge on any atom is -0.246 e. The monoisotopic (exact) mass is 266 g/mol. The standard InChI is InChI=1S/C16H18N4/c1-2-13-19-16(14-9-5-3-6-10-14)17-18-20(19)15-11-7-4-8-12-15/h3-12,18H,2,13H2,1H3. The summed E-state index contributed by atoms with van der Waals surface area (Å²) in [6.07, 6.45) is 1.05. The highest BCUT2D eigenvalue weighted by Gasteiger charge is 2.26. The molecule has 2 aromatic rings. The minimum absolute atomic E-state index is 0.912. The number of hydrogen-bond donors (Lipinski definition) is 1. The van der Waals surface area contributed by atoms with E-state index in [2.05, 4.69) is 46.8 Å². The van der Waals surface area contributed by atoms with E-state index in [1.807, 2.05) is 41.5 Å². The third-order valence-electron chi connectivity index (χ3n) is 3.20. The molecule has 3 rings (SSSR count). The predicted octanol–water partition coefficient (Wildman–Crippen LogP) is 3.00. The number of benzene rings is 2. The van der Waals surface area contributed by atoms with Crippen molar-refractivity contribution in [1.29, 1.82) is 0 Å². The van der Waals surface area contributed by atoms with Gasteiger partial charge in [-0.3, -0.25) is 0 Å². The van der Waals surface area contributed by atoms with Crippen LogP contribution in [0.15, 0.2) is 65.8 Å². The minimum atomic E-state index is 0.912. The van der Waals surface area contributed by atoms with Crippen molar-refractivity contribution in [2.24, 2.45) is 5.10 Å². The molecule has 1 heterocycles. The molecule has 2 aromatic carbocycles. The van der Waals surface area contributed by atoms with Gasteiger partial charge in [-0.25, -0.2) is 5.01 Å². The Morgan fingerprint density at radius 3 is 2.25 bits per heavy atom. The van der Waals surface area contributed by atoms with E-state index >= 15 is 0 Å². The van der Waals surface area contributed by atoms with Crippen LogP contribution in [0.25, 0.3) is 0 Å². The Hall–Kier alpha value is -2.49. The summed E-state index contributed by atoms with van der Waals surface area (Å²) < 4.78 is 0. The van der Waals surface area contributed by atoms with Crippen LogP contribution >= 0.6 is 0 Å². The number of hydrogen-bond acceptors (Lipinski definition) is 4. The maximum absolute atomic E-state index is 4.48. The molecule has 0 fully saturated rings. The summed E-state index contributed by atoms with van der Waals surface area (Å²) in [7, 11) is 0. The van der Waals surface area contributed by atoms with E-state index in [1.54, 1.807) is 0 Å². The molecule has 0 aliphatic carbocycles. The van der Waals surface area contributed by atoms with Crippen LogP contribution in [0, 0.1) is 0 Å². The Labute approximate surface area is 119 Å². The molecular weight excluding hydrogens is 248 g/mol. The van der Waals surface area contributed by atoms with Crippen molar-refractivity contribution in [2.75, 3.05) is 11.7 Å². The number of rotatable bonds is 4. The van der Waals surface area contributed by atoms with Gasteiger partial charge in [-0.2, -0.15) is 10.7 Å². The van der Waals surface area contributed by atoms with Crippen molar-refractivity contribution < 1.29 is 0 Å². The van der Waals surface area contributed by atoms with Crippen LogP contribution in [0.4, 0.5) is 5.69 Å². The zero-order valence-electron chi connectivity index (χ0n) is 11.5. The zero-order chi connectivity index (χ0) is 13.8. The Morgan fingerprint density at radius 2 is 1.60 bits per heavy atom. The summed E-state index contributed by atoms with van der Waals surface area (Å²) in [6, 6.07) is 20.5. The Kier molecular flexibility index (Phi) is 3.54. The summed E-state index contributed by atoms with van der Waals surface area (Å²) in [5.41, 5.74) is 5.30. The van der Waals surface area contributed by atoms with Crippen LogP contribution in [-0.4, -0.2) is 17.4 Å². The summed E-state index contributed by atoms with van der Waals surface area (Å²) in [5, 5.41) is 8.65. The number of hydrazone groups is 1. The lowest BCUT2D eigenvalue weighted by Crippen LogP contribution is -2.46. The summed E-state index contributed by atoms with van der Waals surface area (Å²) >= 11 is 0. The van der Waals surface area contributed by atoms with Crippen LogP contribution in [0.3, 0.4) is 0 Å². The lowest BCUT2D eigenvalue weighted by atomic mass is 10.2. The number of amidine groups is 1. The van der Waals surface area contributed by atoms with Gasteiger partial charge in [0.2, 0.25) is 0 Å². The smallest absolute Gasteiger partial charge is 0.178 e. The highest BCUT2D eigenvalue weighted by molar-refractivity contribution is 6.00. The van der Waals surface area contributed by atoms with Crippen LogP contribution in [0.5, 0.6) is 0 Å². The molecule has 4 heteroatoms. The molecule has 0 spiro atoms. The van der Waals surface area contributed by atoms with Gasteiger partial charge in [0.15, 0.2) is 5.84 Å². The second kappa shape index (κ2) is 5.65. The molecule has 0 saturated heterocycles. The first-order valence-electron chi connectivity index (χ1n) is 6.91. The molecule has 1 N–H and O–H groups in total. The quantitative estimate of drug-likeness (QED) is 0.923. The molecule has 102 valence electrons. The van der Waals surface area contributed by atoms with E-state index < -0.39 is 0 Å².